The zero-order valence-electron chi connectivity index (χ0n) is 14.4. The normalized spacial score (nSPS) is 13.0. The van der Waals surface area contributed by atoms with E-state index in [4.69, 9.17) is 5.73 Å². The Hall–Kier alpha value is -3.36. The fourth-order valence-corrected chi connectivity index (χ4v) is 2.22. The van der Waals surface area contributed by atoms with Crippen LogP contribution in [0.1, 0.15) is 23.2 Å². The third-order valence-electron chi connectivity index (χ3n) is 3.85. The van der Waals surface area contributed by atoms with Crippen LogP contribution in [-0.4, -0.2) is 41.4 Å². The molecule has 0 unspecified atom stereocenters. The fraction of sp³-hybridized carbons (Fsp3) is 0.294. The van der Waals surface area contributed by atoms with Crippen molar-refractivity contribution in [1.29, 1.82) is 0 Å². The molecule has 6 N–H and O–H groups in total. The quantitative estimate of drug-likeness (QED) is 0.478. The molecule has 9 heteroatoms. The predicted octanol–water partition coefficient (Wildman–Crippen LogP) is 1.05. The molecular formula is C17H21N7O2. The van der Waals surface area contributed by atoms with E-state index in [1.807, 2.05) is 24.3 Å². The number of nitrogens with one attached hydrogen (secondary N) is 4. The van der Waals surface area contributed by atoms with Gasteiger partial charge in [0.1, 0.15) is 5.82 Å². The summed E-state index contributed by atoms with van der Waals surface area (Å²) in [6, 6.07) is 7.69. The minimum Gasteiger partial charge on any atom is -0.376 e. The van der Waals surface area contributed by atoms with Crippen LogP contribution in [0.3, 0.4) is 0 Å². The van der Waals surface area contributed by atoms with Gasteiger partial charge in [-0.25, -0.2) is 4.98 Å². The number of hydrogen-bond donors (Lipinski definition) is 5. The molecule has 0 radical (unpaired) electrons. The van der Waals surface area contributed by atoms with Crippen LogP contribution in [-0.2, 0) is 4.79 Å². The van der Waals surface area contributed by atoms with E-state index in [1.165, 1.54) is 6.20 Å². The number of carbonyl (C=O) groups is 2. The van der Waals surface area contributed by atoms with E-state index >= 15 is 0 Å². The lowest BCUT2D eigenvalue weighted by molar-refractivity contribution is -0.118. The van der Waals surface area contributed by atoms with E-state index in [9.17, 15) is 9.59 Å². The van der Waals surface area contributed by atoms with E-state index in [0.29, 0.717) is 17.8 Å². The molecule has 136 valence electrons. The molecule has 26 heavy (non-hydrogen) atoms. The number of primary amides is 1. The molecule has 1 fully saturated rings. The van der Waals surface area contributed by atoms with Gasteiger partial charge in [0.2, 0.25) is 11.9 Å². The highest BCUT2D eigenvalue weighted by atomic mass is 16.2. The molecule has 0 bridgehead atoms. The van der Waals surface area contributed by atoms with Gasteiger partial charge in [0.05, 0.1) is 12.1 Å². The van der Waals surface area contributed by atoms with Crippen molar-refractivity contribution in [3.8, 4) is 0 Å². The average molecular weight is 355 g/mol. The molecule has 2 amide bonds. The second-order valence-corrected chi connectivity index (χ2v) is 5.97. The van der Waals surface area contributed by atoms with E-state index in [2.05, 4.69) is 31.2 Å². The summed E-state index contributed by atoms with van der Waals surface area (Å²) in [6.45, 7) is 0.206. The van der Waals surface area contributed by atoms with E-state index in [1.54, 1.807) is 7.05 Å². The maximum Gasteiger partial charge on any atom is 0.254 e. The van der Waals surface area contributed by atoms with Crippen LogP contribution < -0.4 is 27.0 Å². The average Bonchev–Trinajstić information content (AvgIpc) is 3.45. The van der Waals surface area contributed by atoms with E-state index in [0.717, 1.165) is 24.2 Å². The lowest BCUT2D eigenvalue weighted by atomic mass is 10.2. The number of anilines is 4. The van der Waals surface area contributed by atoms with Crippen molar-refractivity contribution in [3.63, 3.8) is 0 Å². The zero-order valence-corrected chi connectivity index (χ0v) is 14.4. The molecule has 2 aromatic rings. The SMILES string of the molecule is CNC(=O)CNc1ccc(Nc2ncc(C(N)=O)c(NC3CC3)n2)cc1. The number of rotatable bonds is 8. The van der Waals surface area contributed by atoms with Crippen molar-refractivity contribution in [1.82, 2.24) is 15.3 Å². The molecule has 1 saturated carbocycles. The van der Waals surface area contributed by atoms with Crippen LogP contribution in [0.4, 0.5) is 23.1 Å². The highest BCUT2D eigenvalue weighted by molar-refractivity contribution is 5.97. The Bertz CT molecular complexity index is 803. The first-order valence-electron chi connectivity index (χ1n) is 8.30. The summed E-state index contributed by atoms with van der Waals surface area (Å²) in [5.41, 5.74) is 7.25. The molecule has 1 aliphatic carbocycles. The number of benzene rings is 1. The summed E-state index contributed by atoms with van der Waals surface area (Å²) >= 11 is 0. The van der Waals surface area contributed by atoms with Gasteiger partial charge < -0.3 is 27.0 Å². The summed E-state index contributed by atoms with van der Waals surface area (Å²) in [6.07, 6.45) is 3.52. The number of carbonyl (C=O) groups excluding carboxylic acids is 2. The Balaban J connectivity index is 1.68. The standard InChI is InChI=1S/C17H21N7O2/c1-19-14(25)9-20-10-2-4-12(5-3-10)23-17-21-8-13(15(18)26)16(24-17)22-11-6-7-11/h2-5,8,11,20H,6-7,9H2,1H3,(H2,18,26)(H,19,25)(H2,21,22,23,24). The van der Waals surface area contributed by atoms with E-state index in [-0.39, 0.29) is 18.0 Å². The highest BCUT2D eigenvalue weighted by Gasteiger charge is 2.24. The summed E-state index contributed by atoms with van der Waals surface area (Å²) in [5, 5.41) is 11.8. The molecular weight excluding hydrogens is 334 g/mol. The van der Waals surface area contributed by atoms with Crippen LogP contribution in [0.2, 0.25) is 0 Å². The minimum absolute atomic E-state index is 0.0918. The molecule has 3 rings (SSSR count). The van der Waals surface area contributed by atoms with Gasteiger partial charge in [0.25, 0.3) is 5.91 Å². The van der Waals surface area contributed by atoms with E-state index < -0.39 is 5.91 Å². The minimum atomic E-state index is -0.564. The number of amides is 2. The van der Waals surface area contributed by atoms with Gasteiger partial charge in [-0.1, -0.05) is 0 Å². The molecule has 1 heterocycles. The molecule has 1 aliphatic rings. The van der Waals surface area contributed by atoms with Crippen molar-refractivity contribution >= 4 is 35.0 Å². The summed E-state index contributed by atoms with van der Waals surface area (Å²) < 4.78 is 0. The molecule has 0 spiro atoms. The second-order valence-electron chi connectivity index (χ2n) is 5.97. The smallest absolute Gasteiger partial charge is 0.254 e. The van der Waals surface area contributed by atoms with Crippen LogP contribution in [0.5, 0.6) is 0 Å². The first-order valence-corrected chi connectivity index (χ1v) is 8.30. The second kappa shape index (κ2) is 7.68. The van der Waals surface area contributed by atoms with Crippen molar-refractivity contribution in [2.45, 2.75) is 18.9 Å². The molecule has 9 nitrogen and oxygen atoms in total. The largest absolute Gasteiger partial charge is 0.376 e. The first-order chi connectivity index (χ1) is 12.5. The monoisotopic (exact) mass is 355 g/mol. The third-order valence-corrected chi connectivity index (χ3v) is 3.85. The highest BCUT2D eigenvalue weighted by Crippen LogP contribution is 2.26. The Morgan fingerprint density at radius 3 is 2.50 bits per heavy atom. The lowest BCUT2D eigenvalue weighted by Gasteiger charge is -2.11. The van der Waals surface area contributed by atoms with Gasteiger partial charge in [-0.15, -0.1) is 0 Å². The Morgan fingerprint density at radius 1 is 1.19 bits per heavy atom. The van der Waals surface area contributed by atoms with Crippen molar-refractivity contribution < 1.29 is 9.59 Å². The number of likely N-dealkylation sites (N-methyl/N-ethyl adjacent to an activating group) is 1. The van der Waals surface area contributed by atoms with Crippen LogP contribution in [0, 0.1) is 0 Å². The Kier molecular flexibility index (Phi) is 5.16. The van der Waals surface area contributed by atoms with Crippen LogP contribution in [0.25, 0.3) is 0 Å². The molecule has 0 saturated heterocycles. The van der Waals surface area contributed by atoms with Gasteiger partial charge in [-0.2, -0.15) is 4.98 Å². The third kappa shape index (κ3) is 4.59. The van der Waals surface area contributed by atoms with Gasteiger partial charge in [-0.05, 0) is 37.1 Å². The number of nitrogens with zero attached hydrogens (tertiary/aromatic N) is 2. The zero-order chi connectivity index (χ0) is 18.5. The molecule has 0 aliphatic heterocycles. The summed E-state index contributed by atoms with van der Waals surface area (Å²) in [5.74, 6) is 0.155. The van der Waals surface area contributed by atoms with Crippen LogP contribution >= 0.6 is 0 Å². The predicted molar refractivity (Wildman–Crippen MR) is 99.5 cm³/mol. The Labute approximate surface area is 150 Å². The number of hydrogen-bond acceptors (Lipinski definition) is 7. The van der Waals surface area contributed by atoms with Crippen molar-refractivity contribution in [2.24, 2.45) is 5.73 Å². The van der Waals surface area contributed by atoms with Gasteiger partial charge in [0.15, 0.2) is 0 Å². The van der Waals surface area contributed by atoms with Crippen molar-refractivity contribution in [3.05, 3.63) is 36.0 Å². The van der Waals surface area contributed by atoms with Gasteiger partial charge in [-0.3, -0.25) is 9.59 Å². The maximum absolute atomic E-state index is 11.5. The summed E-state index contributed by atoms with van der Waals surface area (Å²) in [7, 11) is 1.59. The van der Waals surface area contributed by atoms with Crippen LogP contribution in [0.15, 0.2) is 30.5 Å². The molecule has 1 aromatic heterocycles. The van der Waals surface area contributed by atoms with Gasteiger partial charge in [0, 0.05) is 30.7 Å². The topological polar surface area (TPSA) is 134 Å². The fourth-order valence-electron chi connectivity index (χ4n) is 2.22. The molecule has 0 atom stereocenters. The number of nitrogens with two attached hydrogens (primary N) is 1. The maximum atomic E-state index is 11.5. The first kappa shape index (κ1) is 17.5. The van der Waals surface area contributed by atoms with Crippen molar-refractivity contribution in [2.75, 3.05) is 29.5 Å². The Morgan fingerprint density at radius 2 is 1.88 bits per heavy atom. The number of aromatic nitrogens is 2. The molecule has 1 aromatic carbocycles. The lowest BCUT2D eigenvalue weighted by Crippen LogP contribution is -2.26. The summed E-state index contributed by atoms with van der Waals surface area (Å²) in [4.78, 5) is 31.3. The van der Waals surface area contributed by atoms with Gasteiger partial charge >= 0.3 is 0 Å².